The summed E-state index contributed by atoms with van der Waals surface area (Å²) in [5.41, 5.74) is 4.60. The molecule has 1 N–H and O–H groups in total. The molecular weight excluding hydrogens is 437 g/mol. The van der Waals surface area contributed by atoms with E-state index < -0.39 is 0 Å². The van der Waals surface area contributed by atoms with Gasteiger partial charge in [0.2, 0.25) is 0 Å². The molecule has 0 spiro atoms. The molecule has 0 atom stereocenters. The van der Waals surface area contributed by atoms with Gasteiger partial charge in [-0.05, 0) is 55.8 Å². The molecule has 1 aliphatic heterocycles. The Labute approximate surface area is 196 Å². The molecule has 2 aromatic carbocycles. The van der Waals surface area contributed by atoms with Crippen LogP contribution in [-0.2, 0) is 6.54 Å². The SMILES string of the molecule is Cc1cn2c(C(=O)NCc3cccc(N4CCN(c5ccc(F)cc5)CC4)c3)c(C)nc2s1. The van der Waals surface area contributed by atoms with Gasteiger partial charge in [-0.3, -0.25) is 9.20 Å². The first-order chi connectivity index (χ1) is 16.0. The van der Waals surface area contributed by atoms with Gasteiger partial charge >= 0.3 is 0 Å². The van der Waals surface area contributed by atoms with Crippen molar-refractivity contribution in [2.45, 2.75) is 20.4 Å². The Balaban J connectivity index is 1.22. The molecule has 0 unspecified atom stereocenters. The minimum absolute atomic E-state index is 0.115. The summed E-state index contributed by atoms with van der Waals surface area (Å²) in [6, 6.07) is 15.0. The molecule has 33 heavy (non-hydrogen) atoms. The molecule has 2 aromatic heterocycles. The molecule has 0 radical (unpaired) electrons. The average molecular weight is 464 g/mol. The lowest BCUT2D eigenvalue weighted by Gasteiger charge is -2.37. The first-order valence-electron chi connectivity index (χ1n) is 11.1. The zero-order valence-corrected chi connectivity index (χ0v) is 19.5. The highest BCUT2D eigenvalue weighted by molar-refractivity contribution is 7.17. The summed E-state index contributed by atoms with van der Waals surface area (Å²) < 4.78 is 15.1. The Morgan fingerprint density at radius 1 is 1.03 bits per heavy atom. The number of carbonyl (C=O) groups excluding carboxylic acids is 1. The van der Waals surface area contributed by atoms with Crippen molar-refractivity contribution in [3.63, 3.8) is 0 Å². The van der Waals surface area contributed by atoms with E-state index in [9.17, 15) is 9.18 Å². The first-order valence-corrected chi connectivity index (χ1v) is 11.9. The van der Waals surface area contributed by atoms with Crippen LogP contribution >= 0.6 is 11.3 Å². The number of hydrogen-bond donors (Lipinski definition) is 1. The third kappa shape index (κ3) is 4.43. The summed E-state index contributed by atoms with van der Waals surface area (Å²) in [6.07, 6.45) is 1.96. The minimum atomic E-state index is -0.209. The molecule has 1 amide bonds. The number of rotatable bonds is 5. The summed E-state index contributed by atoms with van der Waals surface area (Å²) in [6.45, 7) is 7.87. The van der Waals surface area contributed by atoms with Crippen LogP contribution in [0.3, 0.4) is 0 Å². The highest BCUT2D eigenvalue weighted by Crippen LogP contribution is 2.23. The van der Waals surface area contributed by atoms with Crippen molar-refractivity contribution < 1.29 is 9.18 Å². The third-order valence-electron chi connectivity index (χ3n) is 6.03. The van der Waals surface area contributed by atoms with Crippen molar-refractivity contribution >= 4 is 33.6 Å². The van der Waals surface area contributed by atoms with Gasteiger partial charge in [-0.1, -0.05) is 12.1 Å². The van der Waals surface area contributed by atoms with Crippen LogP contribution in [0, 0.1) is 19.7 Å². The highest BCUT2D eigenvalue weighted by Gasteiger charge is 2.19. The lowest BCUT2D eigenvalue weighted by Crippen LogP contribution is -2.46. The number of halogens is 1. The summed E-state index contributed by atoms with van der Waals surface area (Å²) in [5.74, 6) is -0.323. The van der Waals surface area contributed by atoms with E-state index in [2.05, 4.69) is 32.2 Å². The van der Waals surface area contributed by atoms with E-state index in [1.807, 2.05) is 48.7 Å². The fourth-order valence-electron chi connectivity index (χ4n) is 4.34. The molecule has 1 fully saturated rings. The van der Waals surface area contributed by atoms with Gasteiger partial charge in [0.25, 0.3) is 5.91 Å². The zero-order chi connectivity index (χ0) is 22.9. The largest absolute Gasteiger partial charge is 0.368 e. The number of hydrogen-bond acceptors (Lipinski definition) is 5. The average Bonchev–Trinajstić information content (AvgIpc) is 3.32. The molecule has 0 bridgehead atoms. The van der Waals surface area contributed by atoms with Crippen molar-refractivity contribution in [3.05, 3.63) is 82.4 Å². The van der Waals surface area contributed by atoms with Crippen LogP contribution in [0.15, 0.2) is 54.7 Å². The van der Waals surface area contributed by atoms with Gasteiger partial charge in [-0.25, -0.2) is 9.37 Å². The smallest absolute Gasteiger partial charge is 0.270 e. The molecule has 0 saturated carbocycles. The fraction of sp³-hybridized carbons (Fsp3) is 0.280. The van der Waals surface area contributed by atoms with E-state index in [1.54, 1.807) is 11.3 Å². The number of aromatic nitrogens is 2. The Hall–Kier alpha value is -3.39. The Morgan fingerprint density at radius 2 is 1.73 bits per heavy atom. The molecule has 4 aromatic rings. The maximum Gasteiger partial charge on any atom is 0.270 e. The number of anilines is 2. The Kier molecular flexibility index (Phi) is 5.76. The molecule has 1 aliphatic rings. The Bertz CT molecular complexity index is 1290. The van der Waals surface area contributed by atoms with Crippen molar-refractivity contribution in [2.24, 2.45) is 0 Å². The molecule has 0 aliphatic carbocycles. The number of aryl methyl sites for hydroxylation is 2. The molecule has 8 heteroatoms. The van der Waals surface area contributed by atoms with Crippen molar-refractivity contribution in [1.82, 2.24) is 14.7 Å². The highest BCUT2D eigenvalue weighted by atomic mass is 32.1. The molecule has 1 saturated heterocycles. The quantitative estimate of drug-likeness (QED) is 0.476. The number of nitrogens with zero attached hydrogens (tertiary/aromatic N) is 4. The number of fused-ring (bicyclic) bond motifs is 1. The van der Waals surface area contributed by atoms with Crippen LogP contribution in [0.25, 0.3) is 4.96 Å². The number of benzene rings is 2. The monoisotopic (exact) mass is 463 g/mol. The first kappa shape index (κ1) is 21.5. The van der Waals surface area contributed by atoms with Crippen LogP contribution in [0.1, 0.15) is 26.6 Å². The van der Waals surface area contributed by atoms with E-state index in [-0.39, 0.29) is 11.7 Å². The van der Waals surface area contributed by atoms with E-state index >= 15 is 0 Å². The number of thiazole rings is 1. The molecule has 5 rings (SSSR count). The van der Waals surface area contributed by atoms with Gasteiger partial charge in [-0.15, -0.1) is 11.3 Å². The third-order valence-corrected chi connectivity index (χ3v) is 6.93. The van der Waals surface area contributed by atoms with Crippen LogP contribution < -0.4 is 15.1 Å². The lowest BCUT2D eigenvalue weighted by atomic mass is 10.1. The standard InChI is InChI=1S/C25H26FN5OS/c1-17-16-31-23(18(2)28-25(31)33-17)24(32)27-15-19-4-3-5-22(14-19)30-12-10-29(11-13-30)21-8-6-20(26)7-9-21/h3-9,14,16H,10-13,15H2,1-2H3,(H,27,32). The number of amides is 1. The second-order valence-corrected chi connectivity index (χ2v) is 9.56. The molecule has 6 nitrogen and oxygen atoms in total. The predicted molar refractivity (Wildman–Crippen MR) is 131 cm³/mol. The zero-order valence-electron chi connectivity index (χ0n) is 18.7. The number of carbonyl (C=O) groups is 1. The van der Waals surface area contributed by atoms with Crippen molar-refractivity contribution in [1.29, 1.82) is 0 Å². The van der Waals surface area contributed by atoms with Crippen LogP contribution in [0.5, 0.6) is 0 Å². The van der Waals surface area contributed by atoms with E-state index in [4.69, 9.17) is 0 Å². The van der Waals surface area contributed by atoms with Gasteiger partial charge in [0.15, 0.2) is 4.96 Å². The summed E-state index contributed by atoms with van der Waals surface area (Å²) >= 11 is 1.58. The van der Waals surface area contributed by atoms with Crippen molar-refractivity contribution in [3.8, 4) is 0 Å². The second-order valence-electron chi connectivity index (χ2n) is 8.34. The number of imidazole rings is 1. The summed E-state index contributed by atoms with van der Waals surface area (Å²) in [5, 5.41) is 3.05. The van der Waals surface area contributed by atoms with Gasteiger partial charge in [0, 0.05) is 55.2 Å². The van der Waals surface area contributed by atoms with Crippen molar-refractivity contribution in [2.75, 3.05) is 36.0 Å². The predicted octanol–water partition coefficient (Wildman–Crippen LogP) is 4.41. The fourth-order valence-corrected chi connectivity index (χ4v) is 5.21. The molecule has 170 valence electrons. The number of piperazine rings is 1. The topological polar surface area (TPSA) is 52.9 Å². The summed E-state index contributed by atoms with van der Waals surface area (Å²) in [7, 11) is 0. The van der Waals surface area contributed by atoms with Crippen LogP contribution in [-0.4, -0.2) is 41.5 Å². The van der Waals surface area contributed by atoms with Gasteiger partial charge in [-0.2, -0.15) is 0 Å². The summed E-state index contributed by atoms with van der Waals surface area (Å²) in [4.78, 5) is 24.0. The van der Waals surface area contributed by atoms with E-state index in [1.165, 1.54) is 12.1 Å². The van der Waals surface area contributed by atoms with Gasteiger partial charge in [0.05, 0.1) is 5.69 Å². The number of nitrogens with one attached hydrogen (secondary N) is 1. The van der Waals surface area contributed by atoms with Gasteiger partial charge in [0.1, 0.15) is 11.5 Å². The second kappa shape index (κ2) is 8.86. The van der Waals surface area contributed by atoms with E-state index in [0.717, 1.165) is 58.6 Å². The Morgan fingerprint density at radius 3 is 2.45 bits per heavy atom. The maximum atomic E-state index is 13.2. The molecule has 3 heterocycles. The maximum absolute atomic E-state index is 13.2. The minimum Gasteiger partial charge on any atom is -0.368 e. The van der Waals surface area contributed by atoms with Gasteiger partial charge < -0.3 is 15.1 Å². The van der Waals surface area contributed by atoms with E-state index in [0.29, 0.717) is 12.2 Å². The normalized spacial score (nSPS) is 14.2. The lowest BCUT2D eigenvalue weighted by molar-refractivity contribution is 0.0944. The van der Waals surface area contributed by atoms with Crippen LogP contribution in [0.2, 0.25) is 0 Å². The molecular formula is C25H26FN5OS. The van der Waals surface area contributed by atoms with Crippen LogP contribution in [0.4, 0.5) is 15.8 Å².